The molecular formula is C22H26N4O2S. The van der Waals surface area contributed by atoms with Crippen molar-refractivity contribution in [3.8, 4) is 0 Å². The van der Waals surface area contributed by atoms with E-state index in [9.17, 15) is 9.59 Å². The van der Waals surface area contributed by atoms with Gasteiger partial charge in [0.05, 0.1) is 11.4 Å². The normalized spacial score (nSPS) is 15.6. The van der Waals surface area contributed by atoms with Gasteiger partial charge in [0, 0.05) is 23.4 Å². The molecule has 1 aromatic carbocycles. The van der Waals surface area contributed by atoms with Crippen LogP contribution >= 0.6 is 11.3 Å². The average Bonchev–Trinajstić information content (AvgIpc) is 3.45. The number of aromatic nitrogens is 2. The van der Waals surface area contributed by atoms with Crippen LogP contribution in [-0.4, -0.2) is 40.2 Å². The maximum Gasteiger partial charge on any atom is 0.274 e. The smallest absolute Gasteiger partial charge is 0.274 e. The maximum absolute atomic E-state index is 13.1. The summed E-state index contributed by atoms with van der Waals surface area (Å²) in [4.78, 5) is 29.5. The highest BCUT2D eigenvalue weighted by Crippen LogP contribution is 2.28. The molecule has 0 aliphatic carbocycles. The second-order valence-corrected chi connectivity index (χ2v) is 8.39. The van der Waals surface area contributed by atoms with Gasteiger partial charge in [-0.25, -0.2) is 4.68 Å². The average molecular weight is 411 g/mol. The van der Waals surface area contributed by atoms with Crippen molar-refractivity contribution in [1.82, 2.24) is 20.0 Å². The fourth-order valence-electron chi connectivity index (χ4n) is 3.98. The molecule has 0 saturated carbocycles. The number of likely N-dealkylation sites (tertiary alicyclic amines) is 1. The molecule has 3 aromatic rings. The molecule has 29 heavy (non-hydrogen) atoms. The zero-order valence-corrected chi connectivity index (χ0v) is 17.5. The van der Waals surface area contributed by atoms with Gasteiger partial charge in [0.15, 0.2) is 5.69 Å². The van der Waals surface area contributed by atoms with E-state index in [1.54, 1.807) is 23.5 Å². The molecule has 0 radical (unpaired) electrons. The Morgan fingerprint density at radius 3 is 2.62 bits per heavy atom. The second kappa shape index (κ2) is 8.88. The minimum absolute atomic E-state index is 0.146. The topological polar surface area (TPSA) is 67.2 Å². The molecule has 1 fully saturated rings. The summed E-state index contributed by atoms with van der Waals surface area (Å²) >= 11 is 1.72. The molecule has 152 valence electrons. The van der Waals surface area contributed by atoms with E-state index in [4.69, 9.17) is 0 Å². The fraction of sp³-hybridized carbons (Fsp3) is 0.409. The number of amides is 1. The van der Waals surface area contributed by atoms with E-state index in [0.717, 1.165) is 19.5 Å². The number of hydrogen-bond acceptors (Lipinski definition) is 5. The first-order valence-electron chi connectivity index (χ1n) is 10.2. The number of aryl methyl sites for hydroxylation is 1. The third-order valence-electron chi connectivity index (χ3n) is 5.43. The highest BCUT2D eigenvalue weighted by Gasteiger charge is 2.25. The highest BCUT2D eigenvalue weighted by molar-refractivity contribution is 7.10. The lowest BCUT2D eigenvalue weighted by molar-refractivity contribution is 0.0933. The molecule has 1 amide bonds. The molecule has 0 unspecified atom stereocenters. The van der Waals surface area contributed by atoms with Gasteiger partial charge >= 0.3 is 0 Å². The Morgan fingerprint density at radius 2 is 1.93 bits per heavy atom. The summed E-state index contributed by atoms with van der Waals surface area (Å²) in [5.74, 6) is -0.230. The largest absolute Gasteiger partial charge is 0.349 e. The third-order valence-corrected chi connectivity index (χ3v) is 6.40. The zero-order chi connectivity index (χ0) is 20.2. The molecule has 6 nitrogen and oxygen atoms in total. The predicted molar refractivity (Wildman–Crippen MR) is 116 cm³/mol. The van der Waals surface area contributed by atoms with E-state index in [2.05, 4.69) is 32.8 Å². The molecule has 3 heterocycles. The van der Waals surface area contributed by atoms with Crippen molar-refractivity contribution < 1.29 is 4.79 Å². The molecule has 1 N–H and O–H groups in total. The molecule has 1 saturated heterocycles. The summed E-state index contributed by atoms with van der Waals surface area (Å²) in [5, 5.41) is 10.7. The van der Waals surface area contributed by atoms with Crippen LogP contribution in [0.1, 0.15) is 47.6 Å². The monoisotopic (exact) mass is 410 g/mol. The van der Waals surface area contributed by atoms with E-state index in [0.29, 0.717) is 29.6 Å². The third kappa shape index (κ3) is 4.11. The number of benzene rings is 1. The molecule has 1 atom stereocenters. The van der Waals surface area contributed by atoms with E-state index in [-0.39, 0.29) is 17.5 Å². The van der Waals surface area contributed by atoms with Gasteiger partial charge < -0.3 is 5.32 Å². The van der Waals surface area contributed by atoms with Crippen molar-refractivity contribution >= 4 is 28.0 Å². The van der Waals surface area contributed by atoms with Gasteiger partial charge in [-0.05, 0) is 49.9 Å². The first kappa shape index (κ1) is 19.8. The minimum Gasteiger partial charge on any atom is -0.349 e. The number of hydrogen-bond donors (Lipinski definition) is 1. The molecular weight excluding hydrogens is 384 g/mol. The number of fused-ring (bicyclic) bond motifs is 1. The van der Waals surface area contributed by atoms with Crippen LogP contribution in [0.25, 0.3) is 10.8 Å². The lowest BCUT2D eigenvalue weighted by Gasteiger charge is -2.27. The minimum atomic E-state index is -0.230. The van der Waals surface area contributed by atoms with Crippen LogP contribution in [0.5, 0.6) is 0 Å². The molecule has 0 bridgehead atoms. The van der Waals surface area contributed by atoms with Crippen LogP contribution in [0.4, 0.5) is 0 Å². The Morgan fingerprint density at radius 1 is 1.17 bits per heavy atom. The molecule has 2 aromatic heterocycles. The maximum atomic E-state index is 13.1. The Hall–Kier alpha value is -2.51. The molecule has 7 heteroatoms. The molecule has 0 spiro atoms. The fourth-order valence-corrected chi connectivity index (χ4v) is 4.84. The number of carbonyl (C=O) groups is 1. The Balaban J connectivity index is 1.61. The van der Waals surface area contributed by atoms with Crippen molar-refractivity contribution in [3.05, 3.63) is 62.7 Å². The summed E-state index contributed by atoms with van der Waals surface area (Å²) in [6.45, 7) is 5.13. The molecule has 4 rings (SSSR count). The van der Waals surface area contributed by atoms with Gasteiger partial charge in [-0.3, -0.25) is 14.5 Å². The van der Waals surface area contributed by atoms with Gasteiger partial charge in [0.1, 0.15) is 0 Å². The zero-order valence-electron chi connectivity index (χ0n) is 16.6. The van der Waals surface area contributed by atoms with E-state index >= 15 is 0 Å². The summed E-state index contributed by atoms with van der Waals surface area (Å²) in [5.41, 5.74) is 0.174. The summed E-state index contributed by atoms with van der Waals surface area (Å²) in [7, 11) is 0. The summed E-state index contributed by atoms with van der Waals surface area (Å²) in [6, 6.07) is 11.6. The van der Waals surface area contributed by atoms with Gasteiger partial charge in [0.25, 0.3) is 11.5 Å². The van der Waals surface area contributed by atoms with Crippen LogP contribution < -0.4 is 10.9 Å². The number of nitrogens with one attached hydrogen (secondary N) is 1. The second-order valence-electron chi connectivity index (χ2n) is 7.41. The van der Waals surface area contributed by atoms with E-state index in [1.807, 2.05) is 19.1 Å². The van der Waals surface area contributed by atoms with Crippen LogP contribution in [0.3, 0.4) is 0 Å². The van der Waals surface area contributed by atoms with Crippen molar-refractivity contribution in [2.45, 2.75) is 38.8 Å². The van der Waals surface area contributed by atoms with Gasteiger partial charge in [-0.2, -0.15) is 5.10 Å². The van der Waals surface area contributed by atoms with Crippen LogP contribution in [0.2, 0.25) is 0 Å². The van der Waals surface area contributed by atoms with Gasteiger partial charge in [0.2, 0.25) is 0 Å². The number of rotatable bonds is 7. The first-order chi connectivity index (χ1) is 14.2. The highest BCUT2D eigenvalue weighted by atomic mass is 32.1. The van der Waals surface area contributed by atoms with Gasteiger partial charge in [-0.1, -0.05) is 31.2 Å². The Labute approximate surface area is 174 Å². The van der Waals surface area contributed by atoms with Crippen LogP contribution in [-0.2, 0) is 6.54 Å². The quantitative estimate of drug-likeness (QED) is 0.648. The lowest BCUT2D eigenvalue weighted by atomic mass is 10.1. The van der Waals surface area contributed by atoms with Crippen LogP contribution in [0, 0.1) is 0 Å². The Bertz CT molecular complexity index is 1040. The van der Waals surface area contributed by atoms with Gasteiger partial charge in [-0.15, -0.1) is 11.3 Å². The number of carbonyl (C=O) groups excluding carboxylic acids is 1. The predicted octanol–water partition coefficient (Wildman–Crippen LogP) is 3.43. The summed E-state index contributed by atoms with van der Waals surface area (Å²) < 4.78 is 1.41. The lowest BCUT2D eigenvalue weighted by Crippen LogP contribution is -2.37. The van der Waals surface area contributed by atoms with Crippen molar-refractivity contribution in [3.63, 3.8) is 0 Å². The summed E-state index contributed by atoms with van der Waals surface area (Å²) in [6.07, 6.45) is 3.18. The van der Waals surface area contributed by atoms with E-state index < -0.39 is 0 Å². The first-order valence-corrected chi connectivity index (χ1v) is 11.1. The van der Waals surface area contributed by atoms with Crippen molar-refractivity contribution in [2.24, 2.45) is 0 Å². The van der Waals surface area contributed by atoms with E-state index in [1.165, 1.54) is 22.4 Å². The molecule has 1 aliphatic rings. The van der Waals surface area contributed by atoms with Crippen LogP contribution in [0.15, 0.2) is 46.6 Å². The Kier molecular flexibility index (Phi) is 6.06. The van der Waals surface area contributed by atoms with Crippen molar-refractivity contribution in [2.75, 3.05) is 19.6 Å². The SMILES string of the molecule is CCCn1nc(C(=O)NC[C@@H](c2cccs2)N2CCCC2)c2ccccc2c1=O. The standard InChI is InChI=1S/C22H26N4O2S/c1-2-11-26-22(28)17-9-4-3-8-16(17)20(24-26)21(27)23-15-18(19-10-7-14-29-19)25-12-5-6-13-25/h3-4,7-10,14,18H,2,5-6,11-13,15H2,1H3,(H,23,27)/t18-/m0/s1. The molecule has 1 aliphatic heterocycles. The number of thiophene rings is 1. The number of nitrogens with zero attached hydrogens (tertiary/aromatic N) is 3. The van der Waals surface area contributed by atoms with Crippen molar-refractivity contribution in [1.29, 1.82) is 0 Å².